The van der Waals surface area contributed by atoms with E-state index in [1.54, 1.807) is 0 Å². The molecule has 3 nitrogen and oxygen atoms in total. The summed E-state index contributed by atoms with van der Waals surface area (Å²) in [6, 6.07) is 9.94. The number of nitrogens with one attached hydrogen (secondary N) is 2. The maximum absolute atomic E-state index is 14.8. The molecule has 130 valence electrons. The fourth-order valence-corrected chi connectivity index (χ4v) is 5.43. The summed E-state index contributed by atoms with van der Waals surface area (Å²) >= 11 is 0. The van der Waals surface area contributed by atoms with Crippen LogP contribution < -0.4 is 10.6 Å². The van der Waals surface area contributed by atoms with Crippen molar-refractivity contribution in [3.63, 3.8) is 0 Å². The molecule has 4 heteroatoms. The van der Waals surface area contributed by atoms with Crippen molar-refractivity contribution in [3.05, 3.63) is 30.3 Å². The van der Waals surface area contributed by atoms with E-state index in [9.17, 15) is 9.18 Å². The van der Waals surface area contributed by atoms with Gasteiger partial charge in [-0.1, -0.05) is 18.2 Å². The van der Waals surface area contributed by atoms with Gasteiger partial charge in [-0.25, -0.2) is 4.39 Å². The van der Waals surface area contributed by atoms with Crippen LogP contribution in [0.25, 0.3) is 0 Å². The predicted molar refractivity (Wildman–Crippen MR) is 93.5 cm³/mol. The molecule has 4 aliphatic rings. The number of para-hydroxylation sites is 1. The number of carbonyl (C=O) groups excluding carboxylic acids is 1. The Morgan fingerprint density at radius 1 is 1.12 bits per heavy atom. The summed E-state index contributed by atoms with van der Waals surface area (Å²) in [5.41, 5.74) is -0.704. The Bertz CT molecular complexity index is 614. The van der Waals surface area contributed by atoms with E-state index in [0.717, 1.165) is 24.9 Å². The van der Waals surface area contributed by atoms with E-state index in [-0.39, 0.29) is 11.9 Å². The minimum absolute atomic E-state index is 0.0109. The number of benzene rings is 1. The number of hydrogen-bond donors (Lipinski definition) is 2. The molecule has 3 unspecified atom stereocenters. The first-order valence-electron chi connectivity index (χ1n) is 9.18. The van der Waals surface area contributed by atoms with Crippen LogP contribution in [-0.4, -0.2) is 23.2 Å². The van der Waals surface area contributed by atoms with Crippen molar-refractivity contribution >= 4 is 11.6 Å². The van der Waals surface area contributed by atoms with E-state index in [1.165, 1.54) is 0 Å². The molecule has 24 heavy (non-hydrogen) atoms. The van der Waals surface area contributed by atoms with Crippen LogP contribution in [0.3, 0.4) is 0 Å². The maximum atomic E-state index is 14.8. The van der Waals surface area contributed by atoms with Gasteiger partial charge in [0.15, 0.2) is 0 Å². The molecule has 2 N–H and O–H groups in total. The molecule has 5 rings (SSSR count). The molecule has 1 amide bonds. The number of rotatable bonds is 4. The molecule has 0 spiro atoms. The lowest BCUT2D eigenvalue weighted by Crippen LogP contribution is -2.63. The van der Waals surface area contributed by atoms with Crippen LogP contribution in [0.2, 0.25) is 0 Å². The van der Waals surface area contributed by atoms with E-state index in [2.05, 4.69) is 10.6 Å². The molecule has 0 aliphatic heterocycles. The zero-order valence-corrected chi connectivity index (χ0v) is 14.5. The summed E-state index contributed by atoms with van der Waals surface area (Å²) < 4.78 is 14.8. The molecule has 0 saturated heterocycles. The van der Waals surface area contributed by atoms with Gasteiger partial charge >= 0.3 is 0 Å². The van der Waals surface area contributed by atoms with Gasteiger partial charge in [0, 0.05) is 11.7 Å². The van der Waals surface area contributed by atoms with Gasteiger partial charge in [0.1, 0.15) is 11.2 Å². The second-order valence-electron chi connectivity index (χ2n) is 8.74. The number of halogens is 1. The Morgan fingerprint density at radius 3 is 2.33 bits per heavy atom. The number of amides is 1. The lowest BCUT2D eigenvalue weighted by molar-refractivity contribution is -0.133. The van der Waals surface area contributed by atoms with Crippen molar-refractivity contribution in [3.8, 4) is 0 Å². The highest BCUT2D eigenvalue weighted by molar-refractivity contribution is 5.88. The van der Waals surface area contributed by atoms with Crippen LogP contribution in [0.1, 0.15) is 46.0 Å². The molecule has 0 radical (unpaired) electrons. The third kappa shape index (κ3) is 2.80. The fourth-order valence-electron chi connectivity index (χ4n) is 5.43. The normalized spacial score (nSPS) is 37.3. The van der Waals surface area contributed by atoms with Crippen molar-refractivity contribution in [1.29, 1.82) is 0 Å². The second-order valence-corrected chi connectivity index (χ2v) is 8.74. The second kappa shape index (κ2) is 5.47. The van der Waals surface area contributed by atoms with E-state index in [1.807, 2.05) is 44.2 Å². The van der Waals surface area contributed by atoms with Gasteiger partial charge in [-0.3, -0.25) is 4.79 Å². The topological polar surface area (TPSA) is 41.1 Å². The van der Waals surface area contributed by atoms with Gasteiger partial charge < -0.3 is 10.6 Å². The van der Waals surface area contributed by atoms with Gasteiger partial charge in [0.25, 0.3) is 0 Å². The summed E-state index contributed by atoms with van der Waals surface area (Å²) in [5.74, 6) is 1.18. The molecular weight excluding hydrogens is 303 g/mol. The summed E-state index contributed by atoms with van der Waals surface area (Å²) in [5, 5.41) is 6.58. The zero-order valence-electron chi connectivity index (χ0n) is 14.5. The highest BCUT2D eigenvalue weighted by Gasteiger charge is 2.56. The number of hydrogen-bond acceptors (Lipinski definition) is 2. The van der Waals surface area contributed by atoms with Crippen molar-refractivity contribution in [2.24, 2.45) is 17.8 Å². The van der Waals surface area contributed by atoms with Gasteiger partial charge in [-0.15, -0.1) is 0 Å². The standard InChI is InChI=1S/C20H27FN2O/c1-19(2,23-16-6-4-3-5-7-16)18(24)22-17-14-8-13-9-15(17)12-20(21,10-13)11-14/h3-7,13-15,17,23H,8-12H2,1-2H3,(H,22,24)/t13?,14-,15+,17?,20?. The highest BCUT2D eigenvalue weighted by Crippen LogP contribution is 2.57. The predicted octanol–water partition coefficient (Wildman–Crippen LogP) is 3.91. The number of carbonyl (C=O) groups is 1. The largest absolute Gasteiger partial charge is 0.372 e. The van der Waals surface area contributed by atoms with Crippen molar-refractivity contribution in [2.75, 3.05) is 5.32 Å². The monoisotopic (exact) mass is 330 g/mol. The van der Waals surface area contributed by atoms with E-state index < -0.39 is 11.2 Å². The van der Waals surface area contributed by atoms with E-state index in [0.29, 0.717) is 30.6 Å². The van der Waals surface area contributed by atoms with Crippen LogP contribution in [0.15, 0.2) is 30.3 Å². The van der Waals surface area contributed by atoms with Crippen molar-refractivity contribution < 1.29 is 9.18 Å². The van der Waals surface area contributed by atoms with Crippen LogP contribution in [-0.2, 0) is 4.79 Å². The van der Waals surface area contributed by atoms with Crippen LogP contribution in [0, 0.1) is 17.8 Å². The van der Waals surface area contributed by atoms with Crippen molar-refractivity contribution in [2.45, 2.75) is 63.2 Å². The average molecular weight is 330 g/mol. The molecule has 4 fully saturated rings. The lowest BCUT2D eigenvalue weighted by Gasteiger charge is -2.57. The third-order valence-electron chi connectivity index (χ3n) is 6.29. The summed E-state index contributed by atoms with van der Waals surface area (Å²) in [6.07, 6.45) is 4.19. The first-order chi connectivity index (χ1) is 11.3. The molecule has 5 atom stereocenters. The molecule has 4 aliphatic carbocycles. The van der Waals surface area contributed by atoms with Crippen LogP contribution in [0.4, 0.5) is 10.1 Å². The summed E-state index contributed by atoms with van der Waals surface area (Å²) in [6.45, 7) is 3.81. The van der Waals surface area contributed by atoms with Crippen LogP contribution >= 0.6 is 0 Å². The number of anilines is 1. The molecule has 0 heterocycles. The molecule has 0 aromatic heterocycles. The Labute approximate surface area is 143 Å². The Balaban J connectivity index is 1.44. The van der Waals surface area contributed by atoms with Gasteiger partial charge in [-0.05, 0) is 75.8 Å². The third-order valence-corrected chi connectivity index (χ3v) is 6.29. The van der Waals surface area contributed by atoms with Crippen molar-refractivity contribution in [1.82, 2.24) is 5.32 Å². The molecule has 1 aromatic carbocycles. The van der Waals surface area contributed by atoms with Crippen LogP contribution in [0.5, 0.6) is 0 Å². The lowest BCUT2D eigenvalue weighted by atomic mass is 9.53. The van der Waals surface area contributed by atoms with Gasteiger partial charge in [0.2, 0.25) is 5.91 Å². The summed E-state index contributed by atoms with van der Waals surface area (Å²) in [4.78, 5) is 12.9. The Hall–Kier alpha value is -1.58. The molecular formula is C20H27FN2O. The Kier molecular flexibility index (Phi) is 3.63. The first-order valence-corrected chi connectivity index (χ1v) is 9.18. The van der Waals surface area contributed by atoms with E-state index >= 15 is 0 Å². The average Bonchev–Trinajstić information content (AvgIpc) is 2.49. The quantitative estimate of drug-likeness (QED) is 0.879. The SMILES string of the molecule is CC(C)(Nc1ccccc1)C(=O)NC1[C@@H]2CC3C[C@H]1CC(F)(C3)C2. The summed E-state index contributed by atoms with van der Waals surface area (Å²) in [7, 11) is 0. The molecule has 4 bridgehead atoms. The van der Waals surface area contributed by atoms with Gasteiger partial charge in [-0.2, -0.15) is 0 Å². The first kappa shape index (κ1) is 15.9. The highest BCUT2D eigenvalue weighted by atomic mass is 19.1. The smallest absolute Gasteiger partial charge is 0.245 e. The fraction of sp³-hybridized carbons (Fsp3) is 0.650. The number of alkyl halides is 1. The maximum Gasteiger partial charge on any atom is 0.245 e. The minimum atomic E-state index is -0.949. The Morgan fingerprint density at radius 2 is 1.75 bits per heavy atom. The zero-order chi connectivity index (χ0) is 16.9. The minimum Gasteiger partial charge on any atom is -0.372 e. The van der Waals surface area contributed by atoms with E-state index in [4.69, 9.17) is 0 Å². The van der Waals surface area contributed by atoms with Gasteiger partial charge in [0.05, 0.1) is 0 Å². The molecule has 1 aromatic rings. The molecule has 4 saturated carbocycles.